The standard InChI is InChI=1S/C13H19N3/c1-2-7-14-13(6-1)16-10-4-9-15-8-3-5-12(15)11-16/h1-2,6-7,12H,3-5,8-11H2. The van der Waals surface area contributed by atoms with Crippen LogP contribution in [0, 0.1) is 0 Å². The molecule has 0 N–H and O–H groups in total. The Morgan fingerprint density at radius 2 is 2.06 bits per heavy atom. The summed E-state index contributed by atoms with van der Waals surface area (Å²) in [5.41, 5.74) is 0. The maximum absolute atomic E-state index is 4.47. The van der Waals surface area contributed by atoms with E-state index in [9.17, 15) is 0 Å². The van der Waals surface area contributed by atoms with E-state index in [1.165, 1.54) is 32.4 Å². The highest BCUT2D eigenvalue weighted by atomic mass is 15.3. The maximum atomic E-state index is 4.47. The van der Waals surface area contributed by atoms with Gasteiger partial charge in [-0.25, -0.2) is 4.98 Å². The van der Waals surface area contributed by atoms with E-state index in [0.717, 1.165) is 24.9 Å². The first kappa shape index (κ1) is 10.1. The van der Waals surface area contributed by atoms with Crippen LogP contribution in [-0.2, 0) is 0 Å². The molecule has 1 aromatic heterocycles. The lowest BCUT2D eigenvalue weighted by molar-refractivity contribution is 0.273. The molecule has 0 aliphatic carbocycles. The van der Waals surface area contributed by atoms with Crippen LogP contribution in [0.1, 0.15) is 19.3 Å². The van der Waals surface area contributed by atoms with Gasteiger partial charge in [-0.15, -0.1) is 0 Å². The van der Waals surface area contributed by atoms with Gasteiger partial charge in [0.05, 0.1) is 0 Å². The molecule has 2 fully saturated rings. The summed E-state index contributed by atoms with van der Waals surface area (Å²) in [7, 11) is 0. The molecule has 3 rings (SSSR count). The quantitative estimate of drug-likeness (QED) is 0.714. The fourth-order valence-corrected chi connectivity index (χ4v) is 2.96. The Morgan fingerprint density at radius 3 is 2.94 bits per heavy atom. The zero-order valence-electron chi connectivity index (χ0n) is 9.68. The average Bonchev–Trinajstić information content (AvgIpc) is 2.68. The second kappa shape index (κ2) is 4.42. The second-order valence-corrected chi connectivity index (χ2v) is 4.82. The van der Waals surface area contributed by atoms with Gasteiger partial charge in [0.15, 0.2) is 0 Å². The predicted octanol–water partition coefficient (Wildman–Crippen LogP) is 1.76. The molecule has 0 aromatic carbocycles. The molecule has 0 radical (unpaired) electrons. The molecule has 1 atom stereocenters. The van der Waals surface area contributed by atoms with Crippen LogP contribution in [0.5, 0.6) is 0 Å². The monoisotopic (exact) mass is 217 g/mol. The second-order valence-electron chi connectivity index (χ2n) is 4.82. The molecule has 3 heterocycles. The lowest BCUT2D eigenvalue weighted by atomic mass is 10.2. The van der Waals surface area contributed by atoms with E-state index in [1.54, 1.807) is 0 Å². The van der Waals surface area contributed by atoms with E-state index in [1.807, 2.05) is 12.3 Å². The Morgan fingerprint density at radius 1 is 1.12 bits per heavy atom. The normalized spacial score (nSPS) is 26.5. The molecule has 2 aliphatic heterocycles. The van der Waals surface area contributed by atoms with Gasteiger partial charge in [-0.3, -0.25) is 4.90 Å². The van der Waals surface area contributed by atoms with Gasteiger partial charge >= 0.3 is 0 Å². The number of fused-ring (bicyclic) bond motifs is 1. The van der Waals surface area contributed by atoms with E-state index in [-0.39, 0.29) is 0 Å². The fraction of sp³-hybridized carbons (Fsp3) is 0.615. The van der Waals surface area contributed by atoms with Gasteiger partial charge in [0.2, 0.25) is 0 Å². The summed E-state index contributed by atoms with van der Waals surface area (Å²) in [5, 5.41) is 0. The zero-order chi connectivity index (χ0) is 10.8. The van der Waals surface area contributed by atoms with Crippen molar-refractivity contribution in [2.24, 2.45) is 0 Å². The van der Waals surface area contributed by atoms with Gasteiger partial charge in [0.1, 0.15) is 5.82 Å². The Hall–Kier alpha value is -1.09. The van der Waals surface area contributed by atoms with Crippen LogP contribution in [0.4, 0.5) is 5.82 Å². The smallest absolute Gasteiger partial charge is 0.128 e. The summed E-state index contributed by atoms with van der Waals surface area (Å²) in [6, 6.07) is 6.97. The Balaban J connectivity index is 1.76. The molecule has 1 unspecified atom stereocenters. The number of aromatic nitrogens is 1. The van der Waals surface area contributed by atoms with E-state index < -0.39 is 0 Å². The van der Waals surface area contributed by atoms with Gasteiger partial charge in [-0.1, -0.05) is 6.07 Å². The third-order valence-electron chi connectivity index (χ3n) is 3.78. The Kier molecular flexibility index (Phi) is 2.79. The minimum atomic E-state index is 0.768. The molecular weight excluding hydrogens is 198 g/mol. The van der Waals surface area contributed by atoms with Crippen LogP contribution >= 0.6 is 0 Å². The van der Waals surface area contributed by atoms with Crippen LogP contribution < -0.4 is 4.90 Å². The fourth-order valence-electron chi connectivity index (χ4n) is 2.96. The first-order valence-corrected chi connectivity index (χ1v) is 6.33. The van der Waals surface area contributed by atoms with Crippen molar-refractivity contribution >= 4 is 5.82 Å². The third-order valence-corrected chi connectivity index (χ3v) is 3.78. The first-order valence-electron chi connectivity index (χ1n) is 6.33. The molecule has 86 valence electrons. The molecule has 2 aliphatic rings. The summed E-state index contributed by atoms with van der Waals surface area (Å²) < 4.78 is 0. The Bertz CT molecular complexity index is 338. The minimum Gasteiger partial charge on any atom is -0.355 e. The number of nitrogens with zero attached hydrogens (tertiary/aromatic N) is 3. The number of pyridine rings is 1. The first-order chi connectivity index (χ1) is 7.93. The summed E-state index contributed by atoms with van der Waals surface area (Å²) in [5.74, 6) is 1.15. The van der Waals surface area contributed by atoms with Gasteiger partial charge in [0, 0.05) is 31.9 Å². The summed E-state index contributed by atoms with van der Waals surface area (Å²) in [4.78, 5) is 9.58. The molecule has 3 nitrogen and oxygen atoms in total. The lowest BCUT2D eigenvalue weighted by Crippen LogP contribution is -2.36. The molecular formula is C13H19N3. The van der Waals surface area contributed by atoms with Crippen LogP contribution in [-0.4, -0.2) is 42.1 Å². The van der Waals surface area contributed by atoms with Gasteiger partial charge in [-0.05, 0) is 37.9 Å². The minimum absolute atomic E-state index is 0.768. The van der Waals surface area contributed by atoms with Crippen molar-refractivity contribution in [2.45, 2.75) is 25.3 Å². The van der Waals surface area contributed by atoms with Crippen LogP contribution in [0.3, 0.4) is 0 Å². The van der Waals surface area contributed by atoms with Crippen molar-refractivity contribution in [3.05, 3.63) is 24.4 Å². The van der Waals surface area contributed by atoms with E-state index in [2.05, 4.69) is 26.9 Å². The third kappa shape index (κ3) is 1.92. The van der Waals surface area contributed by atoms with E-state index in [0.29, 0.717) is 0 Å². The summed E-state index contributed by atoms with van der Waals surface area (Å²) >= 11 is 0. The van der Waals surface area contributed by atoms with Crippen molar-refractivity contribution in [1.29, 1.82) is 0 Å². The van der Waals surface area contributed by atoms with Gasteiger partial charge in [-0.2, -0.15) is 0 Å². The molecule has 0 amide bonds. The lowest BCUT2D eigenvalue weighted by Gasteiger charge is -2.26. The molecule has 0 spiro atoms. The molecule has 16 heavy (non-hydrogen) atoms. The van der Waals surface area contributed by atoms with Crippen molar-refractivity contribution in [2.75, 3.05) is 31.1 Å². The van der Waals surface area contributed by atoms with Crippen molar-refractivity contribution in [1.82, 2.24) is 9.88 Å². The number of anilines is 1. The van der Waals surface area contributed by atoms with Crippen LogP contribution in [0.2, 0.25) is 0 Å². The molecule has 3 heteroatoms. The van der Waals surface area contributed by atoms with Crippen molar-refractivity contribution in [3.8, 4) is 0 Å². The van der Waals surface area contributed by atoms with Crippen LogP contribution in [0.25, 0.3) is 0 Å². The highest BCUT2D eigenvalue weighted by molar-refractivity contribution is 5.38. The summed E-state index contributed by atoms with van der Waals surface area (Å²) in [6.07, 6.45) is 5.91. The predicted molar refractivity (Wildman–Crippen MR) is 65.7 cm³/mol. The molecule has 0 bridgehead atoms. The zero-order valence-corrected chi connectivity index (χ0v) is 9.68. The summed E-state index contributed by atoms with van der Waals surface area (Å²) in [6.45, 7) is 4.90. The SMILES string of the molecule is c1ccc(N2CCCN3CCCC3C2)nc1. The highest BCUT2D eigenvalue weighted by Crippen LogP contribution is 2.23. The largest absolute Gasteiger partial charge is 0.355 e. The topological polar surface area (TPSA) is 19.4 Å². The Labute approximate surface area is 97.1 Å². The number of hydrogen-bond donors (Lipinski definition) is 0. The van der Waals surface area contributed by atoms with Crippen molar-refractivity contribution < 1.29 is 0 Å². The number of hydrogen-bond acceptors (Lipinski definition) is 3. The molecule has 0 saturated carbocycles. The highest BCUT2D eigenvalue weighted by Gasteiger charge is 2.28. The molecule has 1 aromatic rings. The average molecular weight is 217 g/mol. The van der Waals surface area contributed by atoms with E-state index >= 15 is 0 Å². The number of rotatable bonds is 1. The van der Waals surface area contributed by atoms with Crippen molar-refractivity contribution in [3.63, 3.8) is 0 Å². The molecule has 2 saturated heterocycles. The van der Waals surface area contributed by atoms with Crippen LogP contribution in [0.15, 0.2) is 24.4 Å². The van der Waals surface area contributed by atoms with Gasteiger partial charge < -0.3 is 4.90 Å². The van der Waals surface area contributed by atoms with Gasteiger partial charge in [0.25, 0.3) is 0 Å². The van der Waals surface area contributed by atoms with E-state index in [4.69, 9.17) is 0 Å². The maximum Gasteiger partial charge on any atom is 0.128 e.